The summed E-state index contributed by atoms with van der Waals surface area (Å²) in [5.41, 5.74) is -0.595. The number of anilines is 1. The molecule has 0 unspecified atom stereocenters. The first-order chi connectivity index (χ1) is 15.0. The Bertz CT molecular complexity index is 1340. The number of ether oxygens (including phenoxy) is 1. The predicted molar refractivity (Wildman–Crippen MR) is 120 cm³/mol. The highest BCUT2D eigenvalue weighted by molar-refractivity contribution is 5.83. The molecule has 0 fully saturated rings. The fourth-order valence-corrected chi connectivity index (χ4v) is 3.50. The molecular weight excluding hydrogens is 398 g/mol. The van der Waals surface area contributed by atoms with Crippen LogP contribution in [0.5, 0.6) is 5.75 Å². The van der Waals surface area contributed by atoms with Crippen molar-refractivity contribution in [3.05, 3.63) is 63.3 Å². The van der Waals surface area contributed by atoms with Crippen molar-refractivity contribution in [2.45, 2.75) is 26.0 Å². The summed E-state index contributed by atoms with van der Waals surface area (Å²) in [6, 6.07) is 13.7. The molecule has 0 bridgehead atoms. The molecule has 0 amide bonds. The molecular formula is C22H25N5O4. The van der Waals surface area contributed by atoms with Crippen LogP contribution in [-0.4, -0.2) is 43.5 Å². The molecule has 2 aromatic heterocycles. The van der Waals surface area contributed by atoms with Crippen molar-refractivity contribution in [2.24, 2.45) is 7.05 Å². The van der Waals surface area contributed by atoms with Crippen molar-refractivity contribution in [2.75, 3.05) is 18.5 Å². The van der Waals surface area contributed by atoms with E-state index >= 15 is 0 Å². The number of hydrogen-bond acceptors (Lipinski definition) is 6. The molecule has 162 valence electrons. The van der Waals surface area contributed by atoms with Gasteiger partial charge in [-0.05, 0) is 29.3 Å². The summed E-state index contributed by atoms with van der Waals surface area (Å²) in [7, 11) is 1.54. The fourth-order valence-electron chi connectivity index (χ4n) is 3.50. The number of hydrogen-bond donors (Lipinski definition) is 3. The minimum Gasteiger partial charge on any atom is -0.491 e. The van der Waals surface area contributed by atoms with E-state index in [1.165, 1.54) is 4.57 Å². The molecule has 0 saturated carbocycles. The Kier molecular flexibility index (Phi) is 5.77. The van der Waals surface area contributed by atoms with Gasteiger partial charge in [-0.3, -0.25) is 14.3 Å². The summed E-state index contributed by atoms with van der Waals surface area (Å²) in [6.07, 6.45) is -0.0470. The van der Waals surface area contributed by atoms with Crippen LogP contribution in [0, 0.1) is 0 Å². The van der Waals surface area contributed by atoms with E-state index in [2.05, 4.69) is 15.3 Å². The second-order valence-electron chi connectivity index (χ2n) is 7.44. The van der Waals surface area contributed by atoms with Crippen LogP contribution in [0.15, 0.2) is 52.1 Å². The zero-order valence-corrected chi connectivity index (χ0v) is 17.5. The third kappa shape index (κ3) is 4.17. The number of benzene rings is 2. The first-order valence-corrected chi connectivity index (χ1v) is 10.2. The second-order valence-corrected chi connectivity index (χ2v) is 7.44. The van der Waals surface area contributed by atoms with Crippen LogP contribution in [0.1, 0.15) is 13.3 Å². The molecule has 3 N–H and O–H groups in total. The summed E-state index contributed by atoms with van der Waals surface area (Å²) in [5.74, 6) is 1.08. The smallest absolute Gasteiger partial charge is 0.329 e. The first kappa shape index (κ1) is 20.7. The van der Waals surface area contributed by atoms with Crippen molar-refractivity contribution in [1.29, 1.82) is 0 Å². The zero-order chi connectivity index (χ0) is 22.0. The predicted octanol–water partition coefficient (Wildman–Crippen LogP) is 1.84. The lowest BCUT2D eigenvalue weighted by molar-refractivity contribution is 0.0939. The summed E-state index contributed by atoms with van der Waals surface area (Å²) in [6.45, 7) is 2.76. The summed E-state index contributed by atoms with van der Waals surface area (Å²) < 4.78 is 8.66. The van der Waals surface area contributed by atoms with Crippen LogP contribution in [0.4, 0.5) is 5.95 Å². The fraction of sp³-hybridized carbons (Fsp3) is 0.318. The van der Waals surface area contributed by atoms with E-state index in [4.69, 9.17) is 4.74 Å². The first-order valence-electron chi connectivity index (χ1n) is 10.2. The normalized spacial score (nSPS) is 12.4. The number of aromatic nitrogens is 4. The molecule has 0 spiro atoms. The van der Waals surface area contributed by atoms with E-state index < -0.39 is 17.4 Å². The van der Waals surface area contributed by atoms with Crippen LogP contribution >= 0.6 is 0 Å². The summed E-state index contributed by atoms with van der Waals surface area (Å²) >= 11 is 0. The standard InChI is InChI=1S/C22H25N5O4/c1-3-10-23-21-24-19-18(20(29)25-22(30)26(19)2)27(21)12-16(28)13-31-17-9-8-14-6-4-5-7-15(14)11-17/h4-9,11,16,28H,3,10,12-13H2,1-2H3,(H,23,24)(H,25,29,30)/t16-/m0/s1. The summed E-state index contributed by atoms with van der Waals surface area (Å²) in [5, 5.41) is 16.0. The average molecular weight is 423 g/mol. The molecule has 9 nitrogen and oxygen atoms in total. The van der Waals surface area contributed by atoms with Gasteiger partial charge < -0.3 is 19.7 Å². The van der Waals surface area contributed by atoms with Crippen molar-refractivity contribution in [1.82, 2.24) is 19.1 Å². The summed E-state index contributed by atoms with van der Waals surface area (Å²) in [4.78, 5) is 31.1. The maximum absolute atomic E-state index is 12.5. The molecule has 0 radical (unpaired) electrons. The molecule has 0 saturated heterocycles. The van der Waals surface area contributed by atoms with Gasteiger partial charge in [0.1, 0.15) is 18.5 Å². The Labute approximate surface area is 177 Å². The minimum atomic E-state index is -0.900. The van der Waals surface area contributed by atoms with Crippen molar-refractivity contribution >= 4 is 27.9 Å². The Morgan fingerprint density at radius 3 is 2.74 bits per heavy atom. The molecule has 0 aliphatic carbocycles. The molecule has 4 aromatic rings. The SMILES string of the molecule is CCCNc1nc2c(c(=O)[nH]c(=O)n2C)n1C[C@H](O)COc1ccc2ccccc2c1. The van der Waals surface area contributed by atoms with Gasteiger partial charge >= 0.3 is 5.69 Å². The lowest BCUT2D eigenvalue weighted by Gasteiger charge is -2.16. The lowest BCUT2D eigenvalue weighted by atomic mass is 10.1. The highest BCUT2D eigenvalue weighted by Crippen LogP contribution is 2.21. The monoisotopic (exact) mass is 423 g/mol. The molecule has 2 aromatic carbocycles. The number of aliphatic hydroxyl groups excluding tert-OH is 1. The lowest BCUT2D eigenvalue weighted by Crippen LogP contribution is -2.31. The number of rotatable bonds is 8. The van der Waals surface area contributed by atoms with Gasteiger partial charge in [-0.25, -0.2) is 4.79 Å². The number of aryl methyl sites for hydroxylation is 1. The third-order valence-corrected chi connectivity index (χ3v) is 5.10. The van der Waals surface area contributed by atoms with Gasteiger partial charge in [0, 0.05) is 13.6 Å². The second kappa shape index (κ2) is 8.65. The molecule has 4 rings (SSSR count). The maximum atomic E-state index is 12.5. The van der Waals surface area contributed by atoms with Crippen molar-refractivity contribution < 1.29 is 9.84 Å². The molecule has 1 atom stereocenters. The van der Waals surface area contributed by atoms with Gasteiger partial charge in [0.05, 0.1) is 6.54 Å². The van der Waals surface area contributed by atoms with E-state index in [1.807, 2.05) is 49.4 Å². The van der Waals surface area contributed by atoms with Gasteiger partial charge in [0.25, 0.3) is 5.56 Å². The molecule has 0 aliphatic heterocycles. The number of aliphatic hydroxyl groups is 1. The highest BCUT2D eigenvalue weighted by Gasteiger charge is 2.19. The Hall–Kier alpha value is -3.59. The number of nitrogens with zero attached hydrogens (tertiary/aromatic N) is 3. The maximum Gasteiger partial charge on any atom is 0.329 e. The Morgan fingerprint density at radius 2 is 1.97 bits per heavy atom. The highest BCUT2D eigenvalue weighted by atomic mass is 16.5. The van der Waals surface area contributed by atoms with Gasteiger partial charge in [-0.1, -0.05) is 37.3 Å². The number of imidazole rings is 1. The molecule has 0 aliphatic rings. The largest absolute Gasteiger partial charge is 0.491 e. The zero-order valence-electron chi connectivity index (χ0n) is 17.5. The topological polar surface area (TPSA) is 114 Å². The number of nitrogens with one attached hydrogen (secondary N) is 2. The Balaban J connectivity index is 1.58. The van der Waals surface area contributed by atoms with Crippen LogP contribution in [0.25, 0.3) is 21.9 Å². The van der Waals surface area contributed by atoms with Crippen LogP contribution < -0.4 is 21.3 Å². The third-order valence-electron chi connectivity index (χ3n) is 5.10. The minimum absolute atomic E-state index is 0.0366. The van der Waals surface area contributed by atoms with E-state index in [9.17, 15) is 14.7 Å². The van der Waals surface area contributed by atoms with Crippen LogP contribution in [-0.2, 0) is 13.6 Å². The Morgan fingerprint density at radius 1 is 1.19 bits per heavy atom. The van der Waals surface area contributed by atoms with Crippen molar-refractivity contribution in [3.63, 3.8) is 0 Å². The van der Waals surface area contributed by atoms with Crippen molar-refractivity contribution in [3.8, 4) is 5.75 Å². The quantitative estimate of drug-likeness (QED) is 0.398. The number of fused-ring (bicyclic) bond motifs is 2. The van der Waals surface area contributed by atoms with E-state index in [0.717, 1.165) is 17.2 Å². The average Bonchev–Trinajstić information content (AvgIpc) is 3.13. The van der Waals surface area contributed by atoms with Crippen LogP contribution in [0.2, 0.25) is 0 Å². The van der Waals surface area contributed by atoms with Gasteiger partial charge in [0.2, 0.25) is 5.95 Å². The van der Waals surface area contributed by atoms with Gasteiger partial charge in [-0.2, -0.15) is 4.98 Å². The van der Waals surface area contributed by atoms with E-state index in [1.54, 1.807) is 11.6 Å². The van der Waals surface area contributed by atoms with E-state index in [-0.39, 0.29) is 24.3 Å². The molecule has 9 heteroatoms. The molecule has 31 heavy (non-hydrogen) atoms. The van der Waals surface area contributed by atoms with E-state index in [0.29, 0.717) is 18.2 Å². The van der Waals surface area contributed by atoms with Crippen LogP contribution in [0.3, 0.4) is 0 Å². The van der Waals surface area contributed by atoms with Gasteiger partial charge in [-0.15, -0.1) is 0 Å². The van der Waals surface area contributed by atoms with Gasteiger partial charge in [0.15, 0.2) is 11.2 Å². The number of aromatic amines is 1. The molecule has 2 heterocycles. The number of H-pyrrole nitrogens is 1.